The average molecular weight is 401 g/mol. The largest absolute Gasteiger partial charge is 0.351 e. The molecule has 0 saturated carbocycles. The van der Waals surface area contributed by atoms with E-state index in [1.54, 1.807) is 0 Å². The van der Waals surface area contributed by atoms with Crippen molar-refractivity contribution in [2.75, 3.05) is 5.75 Å². The molecule has 3 rings (SSSR count). The van der Waals surface area contributed by atoms with Gasteiger partial charge in [0.05, 0.1) is 5.75 Å². The summed E-state index contributed by atoms with van der Waals surface area (Å²) < 4.78 is 2.03. The zero-order valence-electron chi connectivity index (χ0n) is 15.3. The van der Waals surface area contributed by atoms with E-state index in [0.29, 0.717) is 17.3 Å². The second-order valence-electron chi connectivity index (χ2n) is 6.11. The molecule has 3 aromatic rings. The molecule has 0 aliphatic carbocycles. The summed E-state index contributed by atoms with van der Waals surface area (Å²) in [6.07, 6.45) is 0. The van der Waals surface area contributed by atoms with Gasteiger partial charge in [-0.15, -0.1) is 10.2 Å². The number of aryl methyl sites for hydroxylation is 1. The highest BCUT2D eigenvalue weighted by Gasteiger charge is 2.14. The van der Waals surface area contributed by atoms with Crippen LogP contribution >= 0.6 is 23.4 Å². The predicted octanol–water partition coefficient (Wildman–Crippen LogP) is 4.34. The Bertz CT molecular complexity index is 907. The maximum absolute atomic E-state index is 12.2. The van der Waals surface area contributed by atoms with E-state index < -0.39 is 0 Å². The smallest absolute Gasteiger partial charge is 0.230 e. The maximum Gasteiger partial charge on any atom is 0.230 e. The summed E-state index contributed by atoms with van der Waals surface area (Å²) in [5, 5.41) is 12.9. The molecule has 1 heterocycles. The first kappa shape index (κ1) is 19.5. The second kappa shape index (κ2) is 9.06. The van der Waals surface area contributed by atoms with E-state index in [0.717, 1.165) is 28.7 Å². The molecular weight excluding hydrogens is 380 g/mol. The monoisotopic (exact) mass is 400 g/mol. The highest BCUT2D eigenvalue weighted by Crippen LogP contribution is 2.24. The molecule has 2 aromatic carbocycles. The van der Waals surface area contributed by atoms with E-state index in [9.17, 15) is 4.79 Å². The normalized spacial score (nSPS) is 10.8. The molecule has 0 spiro atoms. The molecule has 1 amide bonds. The molecule has 5 nitrogen and oxygen atoms in total. The number of thioether (sulfide) groups is 1. The first-order chi connectivity index (χ1) is 13.1. The van der Waals surface area contributed by atoms with Crippen LogP contribution in [0.3, 0.4) is 0 Å². The number of amides is 1. The van der Waals surface area contributed by atoms with E-state index in [-0.39, 0.29) is 5.91 Å². The Morgan fingerprint density at radius 2 is 1.81 bits per heavy atom. The van der Waals surface area contributed by atoms with E-state index in [4.69, 9.17) is 11.6 Å². The fourth-order valence-corrected chi connectivity index (χ4v) is 3.54. The molecule has 1 N–H and O–H groups in total. The highest BCUT2D eigenvalue weighted by molar-refractivity contribution is 7.99. The zero-order valence-corrected chi connectivity index (χ0v) is 16.8. The van der Waals surface area contributed by atoms with Crippen molar-refractivity contribution in [2.45, 2.75) is 32.1 Å². The van der Waals surface area contributed by atoms with Crippen molar-refractivity contribution < 1.29 is 4.79 Å². The quantitative estimate of drug-likeness (QED) is 0.599. The third-order valence-electron chi connectivity index (χ3n) is 4.08. The molecule has 0 radical (unpaired) electrons. The van der Waals surface area contributed by atoms with Crippen LogP contribution in [0.25, 0.3) is 11.4 Å². The average Bonchev–Trinajstić information content (AvgIpc) is 3.09. The fraction of sp³-hybridized carbons (Fsp3) is 0.250. The second-order valence-corrected chi connectivity index (χ2v) is 7.49. The number of nitrogens with zero attached hydrogens (tertiary/aromatic N) is 3. The van der Waals surface area contributed by atoms with Crippen LogP contribution in [0.2, 0.25) is 5.02 Å². The number of carbonyl (C=O) groups is 1. The van der Waals surface area contributed by atoms with E-state index in [1.165, 1.54) is 17.3 Å². The van der Waals surface area contributed by atoms with Gasteiger partial charge in [0.2, 0.25) is 5.91 Å². The summed E-state index contributed by atoms with van der Waals surface area (Å²) in [6.45, 7) is 5.32. The van der Waals surface area contributed by atoms with Gasteiger partial charge in [-0.1, -0.05) is 65.3 Å². The Hall–Kier alpha value is -2.31. The molecule has 7 heteroatoms. The fourth-order valence-electron chi connectivity index (χ4n) is 2.58. The molecular formula is C20H21ClN4OS. The van der Waals surface area contributed by atoms with Gasteiger partial charge in [0.1, 0.15) is 0 Å². The third-order valence-corrected chi connectivity index (χ3v) is 5.30. The molecule has 140 valence electrons. The lowest BCUT2D eigenvalue weighted by molar-refractivity contribution is -0.118. The number of halogens is 1. The molecule has 1 aromatic heterocycles. The van der Waals surface area contributed by atoms with Gasteiger partial charge in [-0.2, -0.15) is 0 Å². The summed E-state index contributed by atoms with van der Waals surface area (Å²) in [5.41, 5.74) is 3.23. The Balaban J connectivity index is 1.59. The predicted molar refractivity (Wildman–Crippen MR) is 110 cm³/mol. The molecule has 0 fully saturated rings. The summed E-state index contributed by atoms with van der Waals surface area (Å²) in [5.74, 6) is 1.07. The molecule has 0 unspecified atom stereocenters. The van der Waals surface area contributed by atoms with Gasteiger partial charge < -0.3 is 9.88 Å². The molecule has 0 aliphatic heterocycles. The summed E-state index contributed by atoms with van der Waals surface area (Å²) in [7, 11) is 0. The molecule has 0 atom stereocenters. The lowest BCUT2D eigenvalue weighted by Crippen LogP contribution is -2.24. The van der Waals surface area contributed by atoms with Crippen LogP contribution in [-0.2, 0) is 17.9 Å². The third kappa shape index (κ3) is 5.11. The van der Waals surface area contributed by atoms with Crippen molar-refractivity contribution in [3.63, 3.8) is 0 Å². The summed E-state index contributed by atoms with van der Waals surface area (Å²) in [4.78, 5) is 12.2. The van der Waals surface area contributed by atoms with Crippen molar-refractivity contribution in [1.29, 1.82) is 0 Å². The standard InChI is InChI=1S/C20H21ClN4OS/c1-3-25-19(16-8-4-14(2)5-9-16)23-24-20(25)27-13-18(26)22-12-15-6-10-17(21)11-7-15/h4-11H,3,12-13H2,1-2H3,(H,22,26). The van der Waals surface area contributed by atoms with Gasteiger partial charge in [-0.3, -0.25) is 4.79 Å². The molecule has 0 aliphatic rings. The summed E-state index contributed by atoms with van der Waals surface area (Å²) in [6, 6.07) is 15.6. The number of carbonyl (C=O) groups excluding carboxylic acids is 1. The van der Waals surface area contributed by atoms with Crippen molar-refractivity contribution in [3.8, 4) is 11.4 Å². The van der Waals surface area contributed by atoms with Gasteiger partial charge in [0.15, 0.2) is 11.0 Å². The van der Waals surface area contributed by atoms with Crippen molar-refractivity contribution >= 4 is 29.3 Å². The summed E-state index contributed by atoms with van der Waals surface area (Å²) >= 11 is 7.26. The number of nitrogens with one attached hydrogen (secondary N) is 1. The molecule has 0 saturated heterocycles. The number of aromatic nitrogens is 3. The van der Waals surface area contributed by atoms with Gasteiger partial charge in [0.25, 0.3) is 0 Å². The number of rotatable bonds is 7. The van der Waals surface area contributed by atoms with E-state index in [1.807, 2.05) is 47.9 Å². The van der Waals surface area contributed by atoms with E-state index >= 15 is 0 Å². The van der Waals surface area contributed by atoms with Crippen LogP contribution < -0.4 is 5.32 Å². The van der Waals surface area contributed by atoms with Crippen LogP contribution in [0.5, 0.6) is 0 Å². The Morgan fingerprint density at radius 3 is 2.48 bits per heavy atom. The van der Waals surface area contributed by atoms with Crippen molar-refractivity contribution in [1.82, 2.24) is 20.1 Å². The van der Waals surface area contributed by atoms with Crippen molar-refractivity contribution in [3.05, 3.63) is 64.7 Å². The minimum Gasteiger partial charge on any atom is -0.351 e. The minimum atomic E-state index is -0.0440. The molecule has 0 bridgehead atoms. The maximum atomic E-state index is 12.2. The Morgan fingerprint density at radius 1 is 1.11 bits per heavy atom. The number of hydrogen-bond donors (Lipinski definition) is 1. The Labute approximate surface area is 168 Å². The van der Waals surface area contributed by atoms with Crippen LogP contribution in [0, 0.1) is 6.92 Å². The van der Waals surface area contributed by atoms with Gasteiger partial charge in [0, 0.05) is 23.7 Å². The van der Waals surface area contributed by atoms with Crippen LogP contribution in [0.1, 0.15) is 18.1 Å². The topological polar surface area (TPSA) is 59.8 Å². The number of benzene rings is 2. The van der Waals surface area contributed by atoms with Gasteiger partial charge >= 0.3 is 0 Å². The lowest BCUT2D eigenvalue weighted by Gasteiger charge is -2.08. The first-order valence-corrected chi connectivity index (χ1v) is 10.1. The van der Waals surface area contributed by atoms with Crippen molar-refractivity contribution in [2.24, 2.45) is 0 Å². The molecule has 27 heavy (non-hydrogen) atoms. The Kier molecular flexibility index (Phi) is 6.53. The zero-order chi connectivity index (χ0) is 19.2. The van der Waals surface area contributed by atoms with Crippen LogP contribution in [-0.4, -0.2) is 26.4 Å². The lowest BCUT2D eigenvalue weighted by atomic mass is 10.1. The van der Waals surface area contributed by atoms with Crippen LogP contribution in [0.4, 0.5) is 0 Å². The van der Waals surface area contributed by atoms with Gasteiger partial charge in [-0.05, 0) is 31.5 Å². The van der Waals surface area contributed by atoms with Crippen LogP contribution in [0.15, 0.2) is 53.7 Å². The SMILES string of the molecule is CCn1c(SCC(=O)NCc2ccc(Cl)cc2)nnc1-c1ccc(C)cc1. The first-order valence-electron chi connectivity index (χ1n) is 8.71. The van der Waals surface area contributed by atoms with E-state index in [2.05, 4.69) is 34.6 Å². The number of hydrogen-bond acceptors (Lipinski definition) is 4. The highest BCUT2D eigenvalue weighted by atomic mass is 35.5. The minimum absolute atomic E-state index is 0.0440. The van der Waals surface area contributed by atoms with Gasteiger partial charge in [-0.25, -0.2) is 0 Å².